The maximum absolute atomic E-state index is 12.7. The van der Waals surface area contributed by atoms with Crippen LogP contribution >= 0.6 is 0 Å². The van der Waals surface area contributed by atoms with E-state index >= 15 is 0 Å². The first kappa shape index (κ1) is 16.4. The van der Waals surface area contributed by atoms with Crippen molar-refractivity contribution in [2.45, 2.75) is 45.2 Å². The number of hydrazone groups is 1. The van der Waals surface area contributed by atoms with E-state index in [1.165, 1.54) is 6.92 Å². The molecule has 1 aromatic heterocycles. The number of benzene rings is 1. The van der Waals surface area contributed by atoms with Crippen LogP contribution < -0.4 is 10.3 Å². The standard InChI is InChI=1S/C18H20N6O2/c1-12(25)15-11-14(22-24(15)13-7-3-2-4-8-13)17(26)19-18-21-20-16-9-5-6-10-23(16)18/h2-4,7-8,15H,5-6,9-11H2,1H3,(H,19,21,26)/t15-/m0/s1. The third-order valence-electron chi connectivity index (χ3n) is 4.75. The summed E-state index contributed by atoms with van der Waals surface area (Å²) in [7, 11) is 0. The van der Waals surface area contributed by atoms with Crippen molar-refractivity contribution in [3.05, 3.63) is 36.2 Å². The molecule has 0 saturated carbocycles. The molecule has 0 unspecified atom stereocenters. The molecule has 26 heavy (non-hydrogen) atoms. The van der Waals surface area contributed by atoms with E-state index < -0.39 is 6.04 Å². The third kappa shape index (κ3) is 2.98. The number of aryl methyl sites for hydroxylation is 1. The van der Waals surface area contributed by atoms with E-state index in [-0.39, 0.29) is 18.1 Å². The summed E-state index contributed by atoms with van der Waals surface area (Å²) >= 11 is 0. The number of carbonyl (C=O) groups excluding carboxylic acids is 2. The first-order valence-electron chi connectivity index (χ1n) is 8.79. The van der Waals surface area contributed by atoms with Crippen LogP contribution in [0.4, 0.5) is 11.6 Å². The number of fused-ring (bicyclic) bond motifs is 1. The first-order valence-corrected chi connectivity index (χ1v) is 8.79. The van der Waals surface area contributed by atoms with Crippen LogP contribution in [0, 0.1) is 0 Å². The van der Waals surface area contributed by atoms with Crippen LogP contribution in [-0.2, 0) is 22.6 Å². The summed E-state index contributed by atoms with van der Waals surface area (Å²) < 4.78 is 1.94. The maximum atomic E-state index is 12.7. The lowest BCUT2D eigenvalue weighted by atomic mass is 10.1. The smallest absolute Gasteiger partial charge is 0.274 e. The van der Waals surface area contributed by atoms with Crippen molar-refractivity contribution >= 4 is 29.0 Å². The number of para-hydroxylation sites is 1. The minimum atomic E-state index is -0.467. The number of anilines is 2. The van der Waals surface area contributed by atoms with E-state index in [0.717, 1.165) is 37.3 Å². The number of ketones is 1. The van der Waals surface area contributed by atoms with Gasteiger partial charge < -0.3 is 0 Å². The quantitative estimate of drug-likeness (QED) is 0.905. The number of Topliss-reactive ketones (excluding diaryl/α,β-unsaturated/α-hetero) is 1. The number of nitrogens with zero attached hydrogens (tertiary/aromatic N) is 5. The van der Waals surface area contributed by atoms with Crippen LogP contribution in [-0.4, -0.2) is 38.2 Å². The van der Waals surface area contributed by atoms with Gasteiger partial charge in [0, 0.05) is 19.4 Å². The Balaban J connectivity index is 1.56. The van der Waals surface area contributed by atoms with Crippen LogP contribution in [0.15, 0.2) is 35.4 Å². The molecule has 0 aliphatic carbocycles. The van der Waals surface area contributed by atoms with Crippen molar-refractivity contribution in [1.29, 1.82) is 0 Å². The van der Waals surface area contributed by atoms with E-state index in [2.05, 4.69) is 20.6 Å². The Labute approximate surface area is 150 Å². The number of hydrogen-bond acceptors (Lipinski definition) is 6. The van der Waals surface area contributed by atoms with Gasteiger partial charge in [-0.25, -0.2) is 0 Å². The number of aromatic nitrogens is 3. The van der Waals surface area contributed by atoms with Gasteiger partial charge in [0.25, 0.3) is 5.91 Å². The summed E-state index contributed by atoms with van der Waals surface area (Å²) in [5.74, 6) is 0.980. The van der Waals surface area contributed by atoms with E-state index in [1.54, 1.807) is 5.01 Å². The zero-order valence-corrected chi connectivity index (χ0v) is 14.6. The highest BCUT2D eigenvalue weighted by Gasteiger charge is 2.34. The van der Waals surface area contributed by atoms with E-state index in [4.69, 9.17) is 0 Å². The largest absolute Gasteiger partial charge is 0.298 e. The van der Waals surface area contributed by atoms with Crippen molar-refractivity contribution < 1.29 is 9.59 Å². The second-order valence-electron chi connectivity index (χ2n) is 6.56. The fourth-order valence-corrected chi connectivity index (χ4v) is 3.36. The lowest BCUT2D eigenvalue weighted by Crippen LogP contribution is -2.33. The lowest BCUT2D eigenvalue weighted by molar-refractivity contribution is -0.118. The Morgan fingerprint density at radius 2 is 1.96 bits per heavy atom. The average Bonchev–Trinajstić information content (AvgIpc) is 3.28. The van der Waals surface area contributed by atoms with Gasteiger partial charge in [0.05, 0.1) is 5.69 Å². The fourth-order valence-electron chi connectivity index (χ4n) is 3.36. The Bertz CT molecular complexity index is 873. The van der Waals surface area contributed by atoms with Crippen molar-refractivity contribution in [3.8, 4) is 0 Å². The van der Waals surface area contributed by atoms with Crippen molar-refractivity contribution in [2.75, 3.05) is 10.3 Å². The summed E-state index contributed by atoms with van der Waals surface area (Å²) in [5, 5.41) is 17.1. The van der Waals surface area contributed by atoms with Crippen LogP contribution in [0.3, 0.4) is 0 Å². The molecule has 1 atom stereocenters. The van der Waals surface area contributed by atoms with Gasteiger partial charge in [-0.3, -0.25) is 24.5 Å². The van der Waals surface area contributed by atoms with Gasteiger partial charge in [-0.1, -0.05) is 18.2 Å². The highest BCUT2D eigenvalue weighted by Crippen LogP contribution is 2.25. The van der Waals surface area contributed by atoms with Crippen molar-refractivity contribution in [3.63, 3.8) is 0 Å². The number of hydrogen-bond donors (Lipinski definition) is 1. The molecule has 2 aliphatic rings. The number of rotatable bonds is 4. The second-order valence-corrected chi connectivity index (χ2v) is 6.56. The van der Waals surface area contributed by atoms with Gasteiger partial charge in [0.15, 0.2) is 5.78 Å². The molecule has 8 heteroatoms. The third-order valence-corrected chi connectivity index (χ3v) is 4.75. The number of carbonyl (C=O) groups is 2. The Hall–Kier alpha value is -3.03. The second kappa shape index (κ2) is 6.70. The monoisotopic (exact) mass is 352 g/mol. The Morgan fingerprint density at radius 3 is 2.73 bits per heavy atom. The summed E-state index contributed by atoms with van der Waals surface area (Å²) in [6.45, 7) is 2.32. The normalized spacial score (nSPS) is 19.0. The molecule has 0 fully saturated rings. The molecular weight excluding hydrogens is 332 g/mol. The summed E-state index contributed by atoms with van der Waals surface area (Å²) in [4.78, 5) is 24.7. The molecule has 0 saturated heterocycles. The Kier molecular flexibility index (Phi) is 4.24. The SMILES string of the molecule is CC(=O)[C@@H]1CC(C(=O)Nc2nnc3n2CCCC3)=NN1c1ccccc1. The first-order chi connectivity index (χ1) is 12.6. The minimum absolute atomic E-state index is 0.0275. The summed E-state index contributed by atoms with van der Waals surface area (Å²) in [5.41, 5.74) is 1.11. The average molecular weight is 352 g/mol. The number of amides is 1. The topological polar surface area (TPSA) is 92.5 Å². The molecular formula is C18H20N6O2. The van der Waals surface area contributed by atoms with E-state index in [1.807, 2.05) is 34.9 Å². The molecule has 1 amide bonds. The summed E-state index contributed by atoms with van der Waals surface area (Å²) in [6, 6.07) is 8.93. The Morgan fingerprint density at radius 1 is 1.15 bits per heavy atom. The van der Waals surface area contributed by atoms with Crippen LogP contribution in [0.1, 0.15) is 32.0 Å². The molecule has 0 spiro atoms. The minimum Gasteiger partial charge on any atom is -0.298 e. The lowest BCUT2D eigenvalue weighted by Gasteiger charge is -2.20. The molecule has 0 radical (unpaired) electrons. The number of nitrogens with one attached hydrogen (secondary N) is 1. The highest BCUT2D eigenvalue weighted by atomic mass is 16.2. The molecule has 2 aliphatic heterocycles. The maximum Gasteiger partial charge on any atom is 0.274 e. The molecule has 3 heterocycles. The predicted molar refractivity (Wildman–Crippen MR) is 97.0 cm³/mol. The summed E-state index contributed by atoms with van der Waals surface area (Å²) in [6.07, 6.45) is 3.28. The predicted octanol–water partition coefficient (Wildman–Crippen LogP) is 1.78. The molecule has 4 rings (SSSR count). The van der Waals surface area contributed by atoms with Gasteiger partial charge >= 0.3 is 0 Å². The van der Waals surface area contributed by atoms with Crippen LogP contribution in [0.2, 0.25) is 0 Å². The fraction of sp³-hybridized carbons (Fsp3) is 0.389. The van der Waals surface area contributed by atoms with Gasteiger partial charge in [-0.05, 0) is 31.9 Å². The van der Waals surface area contributed by atoms with Gasteiger partial charge in [-0.2, -0.15) is 5.10 Å². The molecule has 134 valence electrons. The highest BCUT2D eigenvalue weighted by molar-refractivity contribution is 6.44. The molecule has 1 N–H and O–H groups in total. The van der Waals surface area contributed by atoms with Gasteiger partial charge in [-0.15, -0.1) is 10.2 Å². The van der Waals surface area contributed by atoms with Gasteiger partial charge in [0.2, 0.25) is 5.95 Å². The molecule has 8 nitrogen and oxygen atoms in total. The molecule has 2 aromatic rings. The zero-order valence-electron chi connectivity index (χ0n) is 14.6. The van der Waals surface area contributed by atoms with Gasteiger partial charge in [0.1, 0.15) is 17.6 Å². The van der Waals surface area contributed by atoms with Crippen LogP contribution in [0.25, 0.3) is 0 Å². The van der Waals surface area contributed by atoms with E-state index in [9.17, 15) is 9.59 Å². The van der Waals surface area contributed by atoms with E-state index in [0.29, 0.717) is 11.7 Å². The van der Waals surface area contributed by atoms with Crippen molar-refractivity contribution in [1.82, 2.24) is 14.8 Å². The molecule has 0 bridgehead atoms. The van der Waals surface area contributed by atoms with Crippen LogP contribution in [0.5, 0.6) is 0 Å². The molecule has 1 aromatic carbocycles. The zero-order chi connectivity index (χ0) is 18.1. The van der Waals surface area contributed by atoms with Crippen molar-refractivity contribution in [2.24, 2.45) is 5.10 Å².